The third kappa shape index (κ3) is 5.82. The molecule has 2 aromatic carbocycles. The number of nitrogens with zero attached hydrogens (tertiary/aromatic N) is 3. The summed E-state index contributed by atoms with van der Waals surface area (Å²) in [5.41, 5.74) is 8.22. The molecule has 0 spiro atoms. The topological polar surface area (TPSA) is 147 Å². The molecule has 41 heavy (non-hydrogen) atoms. The number of fused-ring (bicyclic) bond motifs is 1. The fraction of sp³-hybridized carbons (Fsp3) is 0.333. The second-order valence-electron chi connectivity index (χ2n) is 10.5. The summed E-state index contributed by atoms with van der Waals surface area (Å²) in [5, 5.41) is 13.6. The highest BCUT2D eigenvalue weighted by Crippen LogP contribution is 2.43. The molecule has 2 aliphatic heterocycles. The number of carbonyl (C=O) groups is 3. The minimum absolute atomic E-state index is 0.0417. The molecule has 2 aliphatic rings. The molecular formula is C30H33N5O6. The number of amides is 1. The van der Waals surface area contributed by atoms with Crippen molar-refractivity contribution in [2.45, 2.75) is 38.8 Å². The van der Waals surface area contributed by atoms with Gasteiger partial charge in [0.2, 0.25) is 0 Å². The zero-order valence-electron chi connectivity index (χ0n) is 23.7. The zero-order chi connectivity index (χ0) is 29.9. The monoisotopic (exact) mass is 559 g/mol. The van der Waals surface area contributed by atoms with Crippen molar-refractivity contribution >= 4 is 29.4 Å². The fourth-order valence-electron chi connectivity index (χ4n) is 4.90. The molecular weight excluding hydrogens is 526 g/mol. The van der Waals surface area contributed by atoms with Crippen LogP contribution in [0.15, 0.2) is 71.2 Å². The lowest BCUT2D eigenvalue weighted by Gasteiger charge is -2.36. The number of hydrogen-bond donors (Lipinski definition) is 2. The minimum atomic E-state index is -0.968. The summed E-state index contributed by atoms with van der Waals surface area (Å²) in [5.74, 6) is -2.66. The molecule has 11 nitrogen and oxygen atoms in total. The molecule has 0 aromatic heterocycles. The number of benzene rings is 2. The van der Waals surface area contributed by atoms with Gasteiger partial charge in [-0.2, -0.15) is 5.26 Å². The first-order chi connectivity index (χ1) is 19.5. The number of ether oxygens (including phenoxy) is 3. The van der Waals surface area contributed by atoms with Gasteiger partial charge in [-0.3, -0.25) is 4.90 Å². The molecule has 2 aromatic rings. The molecule has 1 amide bonds. The molecule has 11 heteroatoms. The fourth-order valence-corrected chi connectivity index (χ4v) is 4.90. The number of hydrogen-bond acceptors (Lipinski definition) is 10. The van der Waals surface area contributed by atoms with E-state index in [0.717, 1.165) is 5.69 Å². The Bertz CT molecular complexity index is 1470. The predicted octanol–water partition coefficient (Wildman–Crippen LogP) is 3.75. The molecule has 214 valence electrons. The molecule has 0 saturated heterocycles. The second kappa shape index (κ2) is 11.6. The van der Waals surface area contributed by atoms with Crippen molar-refractivity contribution in [2.75, 3.05) is 37.5 Å². The summed E-state index contributed by atoms with van der Waals surface area (Å²) >= 11 is 0. The van der Waals surface area contributed by atoms with Gasteiger partial charge in [-0.05, 0) is 50.1 Å². The van der Waals surface area contributed by atoms with Crippen molar-refractivity contribution in [2.24, 2.45) is 5.73 Å². The number of carbonyl (C=O) groups excluding carboxylic acids is 3. The molecule has 2 heterocycles. The molecule has 4 rings (SSSR count). The zero-order valence-corrected chi connectivity index (χ0v) is 23.7. The van der Waals surface area contributed by atoms with E-state index in [9.17, 15) is 19.6 Å². The Morgan fingerprint density at radius 2 is 1.73 bits per heavy atom. The maximum absolute atomic E-state index is 13.3. The maximum Gasteiger partial charge on any atom is 0.410 e. The second-order valence-corrected chi connectivity index (χ2v) is 10.5. The molecule has 0 aliphatic carbocycles. The van der Waals surface area contributed by atoms with Crippen LogP contribution >= 0.6 is 0 Å². The number of esters is 2. The van der Waals surface area contributed by atoms with Gasteiger partial charge in [-0.25, -0.2) is 14.4 Å². The first kappa shape index (κ1) is 29.0. The molecule has 0 fully saturated rings. The van der Waals surface area contributed by atoms with Crippen LogP contribution in [0.4, 0.5) is 16.2 Å². The third-order valence-corrected chi connectivity index (χ3v) is 6.67. The smallest absolute Gasteiger partial charge is 0.410 e. The molecule has 1 atom stereocenters. The Labute approximate surface area is 238 Å². The van der Waals surface area contributed by atoms with Crippen molar-refractivity contribution in [3.8, 4) is 6.07 Å². The highest BCUT2D eigenvalue weighted by molar-refractivity contribution is 6.06. The van der Waals surface area contributed by atoms with E-state index in [1.54, 1.807) is 74.2 Å². The number of allylic oxidation sites excluding steroid dienone is 1. The summed E-state index contributed by atoms with van der Waals surface area (Å²) in [6.07, 6.45) is -0.462. The van der Waals surface area contributed by atoms with Gasteiger partial charge in [0.1, 0.15) is 17.1 Å². The van der Waals surface area contributed by atoms with E-state index in [1.807, 2.05) is 0 Å². The van der Waals surface area contributed by atoms with E-state index in [1.165, 1.54) is 19.1 Å². The van der Waals surface area contributed by atoms with Gasteiger partial charge in [0.25, 0.3) is 0 Å². The van der Waals surface area contributed by atoms with Gasteiger partial charge in [0, 0.05) is 24.5 Å². The summed E-state index contributed by atoms with van der Waals surface area (Å²) < 4.78 is 15.8. The van der Waals surface area contributed by atoms with Gasteiger partial charge < -0.3 is 30.2 Å². The average molecular weight is 560 g/mol. The Morgan fingerprint density at radius 1 is 1.05 bits per heavy atom. The molecule has 3 N–H and O–H groups in total. The van der Waals surface area contributed by atoms with Crippen LogP contribution in [-0.2, 0) is 30.3 Å². The van der Waals surface area contributed by atoms with E-state index < -0.39 is 29.6 Å². The summed E-state index contributed by atoms with van der Waals surface area (Å²) in [7, 11) is 2.39. The van der Waals surface area contributed by atoms with E-state index in [2.05, 4.69) is 11.4 Å². The molecule has 1 unspecified atom stereocenters. The van der Waals surface area contributed by atoms with Crippen molar-refractivity contribution < 1.29 is 28.6 Å². The molecule has 0 saturated carbocycles. The lowest BCUT2D eigenvalue weighted by molar-refractivity contribution is -0.139. The average Bonchev–Trinajstić information content (AvgIpc) is 3.17. The van der Waals surface area contributed by atoms with Crippen LogP contribution in [0.1, 0.15) is 37.8 Å². The maximum atomic E-state index is 13.3. The predicted molar refractivity (Wildman–Crippen MR) is 151 cm³/mol. The Kier molecular flexibility index (Phi) is 8.23. The number of methoxy groups -OCH3 is 2. The van der Waals surface area contributed by atoms with Crippen LogP contribution in [0.2, 0.25) is 0 Å². The van der Waals surface area contributed by atoms with Gasteiger partial charge in [-0.1, -0.05) is 30.3 Å². The first-order valence-corrected chi connectivity index (χ1v) is 13.0. The van der Waals surface area contributed by atoms with Crippen LogP contribution in [0, 0.1) is 11.3 Å². The van der Waals surface area contributed by atoms with Gasteiger partial charge in [0.15, 0.2) is 0 Å². The quantitative estimate of drug-likeness (QED) is 0.419. The highest BCUT2D eigenvalue weighted by atomic mass is 16.6. The third-order valence-electron chi connectivity index (χ3n) is 6.67. The Morgan fingerprint density at radius 3 is 2.34 bits per heavy atom. The van der Waals surface area contributed by atoms with E-state index in [4.69, 9.17) is 19.9 Å². The van der Waals surface area contributed by atoms with Crippen molar-refractivity contribution in [3.63, 3.8) is 0 Å². The Balaban J connectivity index is 1.89. The van der Waals surface area contributed by atoms with E-state index in [0.29, 0.717) is 29.9 Å². The van der Waals surface area contributed by atoms with Gasteiger partial charge >= 0.3 is 18.0 Å². The van der Waals surface area contributed by atoms with Crippen molar-refractivity contribution in [1.29, 1.82) is 5.26 Å². The van der Waals surface area contributed by atoms with Gasteiger partial charge in [-0.15, -0.1) is 0 Å². The summed E-state index contributed by atoms with van der Waals surface area (Å²) in [6, 6.07) is 16.2. The van der Waals surface area contributed by atoms with Crippen LogP contribution in [0.3, 0.4) is 0 Å². The van der Waals surface area contributed by atoms with Crippen LogP contribution < -0.4 is 16.0 Å². The highest BCUT2D eigenvalue weighted by Gasteiger charge is 2.43. The summed E-state index contributed by atoms with van der Waals surface area (Å²) in [4.78, 5) is 42.4. The molecule has 0 bridgehead atoms. The van der Waals surface area contributed by atoms with Crippen molar-refractivity contribution in [3.05, 3.63) is 82.3 Å². The Hall–Kier alpha value is -4.98. The van der Waals surface area contributed by atoms with Crippen LogP contribution in [0.25, 0.3) is 0 Å². The number of nitrogens with two attached hydrogens (primary N) is 1. The lowest BCUT2D eigenvalue weighted by Crippen LogP contribution is -2.41. The standard InChI is InChI=1S/C30H33N5O6/c1-30(2,3)41-29(38)34-14-13-33-22-12-11-20(15-19(22)17-34)35-25(28(37)40-5)24(27(36)39-4)23(21(16-31)26(35)32)18-9-7-6-8-10-18/h6-12,15,23,33H,13-14,17,32H2,1-5H3. The van der Waals surface area contributed by atoms with Gasteiger partial charge in [0.05, 0.1) is 43.9 Å². The van der Waals surface area contributed by atoms with E-state index >= 15 is 0 Å². The SMILES string of the molecule is COC(=O)C1=C(C(=O)OC)N(c2ccc3c(c2)CN(C(=O)OC(C)(C)C)CCN3)C(N)=C(C#N)C1c1ccccc1. The number of anilines is 2. The lowest BCUT2D eigenvalue weighted by atomic mass is 9.81. The van der Waals surface area contributed by atoms with Crippen molar-refractivity contribution in [1.82, 2.24) is 4.90 Å². The largest absolute Gasteiger partial charge is 0.466 e. The first-order valence-electron chi connectivity index (χ1n) is 13.0. The van der Waals surface area contributed by atoms with Crippen LogP contribution in [0.5, 0.6) is 0 Å². The number of nitriles is 1. The number of nitrogens with one attached hydrogen (secondary N) is 1. The number of rotatable bonds is 4. The summed E-state index contributed by atoms with van der Waals surface area (Å²) in [6.45, 7) is 6.51. The van der Waals surface area contributed by atoms with Crippen LogP contribution in [-0.4, -0.2) is 55.8 Å². The normalized spacial score (nSPS) is 17.1. The van der Waals surface area contributed by atoms with E-state index in [-0.39, 0.29) is 29.2 Å². The minimum Gasteiger partial charge on any atom is -0.466 e. The molecule has 0 radical (unpaired) electrons.